The highest BCUT2D eigenvalue weighted by molar-refractivity contribution is 7.99. The predicted molar refractivity (Wildman–Crippen MR) is 61.2 cm³/mol. The molecule has 0 bridgehead atoms. The van der Waals surface area contributed by atoms with Gasteiger partial charge in [0.05, 0.1) is 5.88 Å². The topological polar surface area (TPSA) is 69.6 Å². The standard InChI is InChI=1S/C10H16N2O3S/c13-9(7-1-3-11-4-2-7)12-6-16-5-8(12)10(14)15/h7-8,11H,1-6H2,(H,14,15). The van der Waals surface area contributed by atoms with Crippen molar-refractivity contribution in [1.82, 2.24) is 10.2 Å². The molecule has 1 atom stereocenters. The second kappa shape index (κ2) is 5.05. The first-order chi connectivity index (χ1) is 7.70. The first kappa shape index (κ1) is 11.7. The molecule has 2 rings (SSSR count). The van der Waals surface area contributed by atoms with Gasteiger partial charge in [-0.3, -0.25) is 4.79 Å². The van der Waals surface area contributed by atoms with E-state index in [4.69, 9.17) is 5.11 Å². The molecule has 1 unspecified atom stereocenters. The maximum atomic E-state index is 12.1. The Morgan fingerprint density at radius 1 is 1.31 bits per heavy atom. The highest BCUT2D eigenvalue weighted by atomic mass is 32.2. The van der Waals surface area contributed by atoms with Gasteiger partial charge in [-0.2, -0.15) is 0 Å². The van der Waals surface area contributed by atoms with Gasteiger partial charge >= 0.3 is 5.97 Å². The van der Waals surface area contributed by atoms with Gasteiger partial charge in [0.25, 0.3) is 0 Å². The summed E-state index contributed by atoms with van der Waals surface area (Å²) in [5.74, 6) is 0.208. The second-order valence-electron chi connectivity index (χ2n) is 4.19. The van der Waals surface area contributed by atoms with Gasteiger partial charge in [-0.1, -0.05) is 0 Å². The van der Waals surface area contributed by atoms with E-state index in [0.29, 0.717) is 11.6 Å². The van der Waals surface area contributed by atoms with Crippen molar-refractivity contribution in [3.8, 4) is 0 Å². The van der Waals surface area contributed by atoms with E-state index in [0.717, 1.165) is 25.9 Å². The number of piperidine rings is 1. The summed E-state index contributed by atoms with van der Waals surface area (Å²) in [7, 11) is 0. The van der Waals surface area contributed by atoms with E-state index in [1.165, 1.54) is 16.7 Å². The van der Waals surface area contributed by atoms with Gasteiger partial charge in [0.15, 0.2) is 0 Å². The van der Waals surface area contributed by atoms with Crippen molar-refractivity contribution in [2.24, 2.45) is 5.92 Å². The highest BCUT2D eigenvalue weighted by Crippen LogP contribution is 2.25. The first-order valence-electron chi connectivity index (χ1n) is 5.52. The zero-order valence-electron chi connectivity index (χ0n) is 9.02. The van der Waals surface area contributed by atoms with Crippen molar-refractivity contribution in [1.29, 1.82) is 0 Å². The van der Waals surface area contributed by atoms with Gasteiger partial charge in [-0.05, 0) is 25.9 Å². The third-order valence-corrected chi connectivity index (χ3v) is 4.15. The van der Waals surface area contributed by atoms with Crippen molar-refractivity contribution in [3.05, 3.63) is 0 Å². The molecule has 0 aromatic heterocycles. The molecule has 2 N–H and O–H groups in total. The zero-order valence-corrected chi connectivity index (χ0v) is 9.83. The second-order valence-corrected chi connectivity index (χ2v) is 5.19. The number of carbonyl (C=O) groups excluding carboxylic acids is 1. The Morgan fingerprint density at radius 2 is 2.00 bits per heavy atom. The molecule has 5 nitrogen and oxygen atoms in total. The van der Waals surface area contributed by atoms with Crippen LogP contribution in [0.15, 0.2) is 0 Å². The number of amides is 1. The fraction of sp³-hybridized carbons (Fsp3) is 0.800. The summed E-state index contributed by atoms with van der Waals surface area (Å²) in [4.78, 5) is 24.6. The lowest BCUT2D eigenvalue weighted by atomic mass is 9.96. The Bertz CT molecular complexity index is 292. The van der Waals surface area contributed by atoms with Crippen LogP contribution >= 0.6 is 11.8 Å². The summed E-state index contributed by atoms with van der Waals surface area (Å²) in [5.41, 5.74) is 0. The van der Waals surface area contributed by atoms with Crippen LogP contribution in [0.5, 0.6) is 0 Å². The van der Waals surface area contributed by atoms with Crippen molar-refractivity contribution < 1.29 is 14.7 Å². The van der Waals surface area contributed by atoms with Crippen LogP contribution in [0.2, 0.25) is 0 Å². The fourth-order valence-electron chi connectivity index (χ4n) is 2.17. The quantitative estimate of drug-likeness (QED) is 0.714. The average Bonchev–Trinajstić information content (AvgIpc) is 2.78. The molecule has 0 saturated carbocycles. The Morgan fingerprint density at radius 3 is 2.62 bits per heavy atom. The van der Waals surface area contributed by atoms with Crippen molar-refractivity contribution >= 4 is 23.6 Å². The summed E-state index contributed by atoms with van der Waals surface area (Å²) in [6.07, 6.45) is 1.65. The van der Waals surface area contributed by atoms with Gasteiger partial charge in [0.2, 0.25) is 5.91 Å². The van der Waals surface area contributed by atoms with Crippen molar-refractivity contribution in [2.75, 3.05) is 24.7 Å². The number of carboxylic acids is 1. The third kappa shape index (κ3) is 2.32. The number of hydrogen-bond acceptors (Lipinski definition) is 4. The summed E-state index contributed by atoms with van der Waals surface area (Å²) < 4.78 is 0. The highest BCUT2D eigenvalue weighted by Gasteiger charge is 2.37. The lowest BCUT2D eigenvalue weighted by Gasteiger charge is -2.28. The van der Waals surface area contributed by atoms with Crippen LogP contribution in [-0.4, -0.2) is 52.6 Å². The molecule has 6 heteroatoms. The van der Waals surface area contributed by atoms with Crippen LogP contribution < -0.4 is 5.32 Å². The molecule has 1 amide bonds. The monoisotopic (exact) mass is 244 g/mol. The van der Waals surface area contributed by atoms with Crippen molar-refractivity contribution in [3.63, 3.8) is 0 Å². The Labute approximate surface area is 98.6 Å². The van der Waals surface area contributed by atoms with E-state index < -0.39 is 12.0 Å². The van der Waals surface area contributed by atoms with Crippen LogP contribution in [0, 0.1) is 5.92 Å². The van der Waals surface area contributed by atoms with Crippen LogP contribution in [0.3, 0.4) is 0 Å². The summed E-state index contributed by atoms with van der Waals surface area (Å²) in [6.45, 7) is 1.71. The molecule has 0 aromatic rings. The average molecular weight is 244 g/mol. The fourth-order valence-corrected chi connectivity index (χ4v) is 3.32. The van der Waals surface area contributed by atoms with Gasteiger partial charge in [-0.15, -0.1) is 11.8 Å². The maximum Gasteiger partial charge on any atom is 0.327 e. The lowest BCUT2D eigenvalue weighted by molar-refractivity contribution is -0.149. The van der Waals surface area contributed by atoms with Crippen LogP contribution in [0.25, 0.3) is 0 Å². The SMILES string of the molecule is O=C(O)C1CSCN1C(=O)C1CCNCC1. The third-order valence-electron chi connectivity index (χ3n) is 3.14. The first-order valence-corrected chi connectivity index (χ1v) is 6.67. The minimum absolute atomic E-state index is 0.0156. The Hall–Kier alpha value is -0.750. The van der Waals surface area contributed by atoms with Gasteiger partial charge < -0.3 is 15.3 Å². The molecule has 2 aliphatic rings. The molecule has 90 valence electrons. The van der Waals surface area contributed by atoms with E-state index >= 15 is 0 Å². The van der Waals surface area contributed by atoms with Gasteiger partial charge in [0, 0.05) is 11.7 Å². The number of carbonyl (C=O) groups is 2. The largest absolute Gasteiger partial charge is 0.480 e. The van der Waals surface area contributed by atoms with Crippen LogP contribution in [0.4, 0.5) is 0 Å². The summed E-state index contributed by atoms with van der Waals surface area (Å²) in [5, 5.41) is 12.2. The molecule has 2 saturated heterocycles. The smallest absolute Gasteiger partial charge is 0.327 e. The maximum absolute atomic E-state index is 12.1. The number of aliphatic carboxylic acids is 1. The number of nitrogens with one attached hydrogen (secondary N) is 1. The van der Waals surface area contributed by atoms with E-state index in [1.54, 1.807) is 0 Å². The molecule has 2 aliphatic heterocycles. The molecular formula is C10H16N2O3S. The van der Waals surface area contributed by atoms with Gasteiger partial charge in [-0.25, -0.2) is 4.79 Å². The van der Waals surface area contributed by atoms with Crippen molar-refractivity contribution in [2.45, 2.75) is 18.9 Å². The number of hydrogen-bond donors (Lipinski definition) is 2. The summed E-state index contributed by atoms with van der Waals surface area (Å²) >= 11 is 1.52. The number of nitrogens with zero attached hydrogens (tertiary/aromatic N) is 1. The molecule has 0 aromatic carbocycles. The molecule has 0 radical (unpaired) electrons. The van der Waals surface area contributed by atoms with E-state index in [-0.39, 0.29) is 11.8 Å². The Balaban J connectivity index is 1.99. The number of rotatable bonds is 2. The minimum Gasteiger partial charge on any atom is -0.480 e. The van der Waals surface area contributed by atoms with E-state index in [9.17, 15) is 9.59 Å². The normalized spacial score (nSPS) is 27.0. The summed E-state index contributed by atoms with van der Waals surface area (Å²) in [6, 6.07) is -0.618. The number of thioether (sulfide) groups is 1. The Kier molecular flexibility index (Phi) is 3.70. The van der Waals surface area contributed by atoms with E-state index in [2.05, 4.69) is 5.32 Å². The molecule has 2 fully saturated rings. The molecular weight excluding hydrogens is 228 g/mol. The van der Waals surface area contributed by atoms with Gasteiger partial charge in [0.1, 0.15) is 6.04 Å². The predicted octanol–water partition coefficient (Wildman–Crippen LogP) is -0.0279. The molecule has 0 spiro atoms. The van der Waals surface area contributed by atoms with E-state index in [1.807, 2.05) is 0 Å². The molecule has 16 heavy (non-hydrogen) atoms. The lowest BCUT2D eigenvalue weighted by Crippen LogP contribution is -2.46. The van der Waals surface area contributed by atoms with Crippen LogP contribution in [-0.2, 0) is 9.59 Å². The molecule has 0 aliphatic carbocycles. The minimum atomic E-state index is -0.882. The zero-order chi connectivity index (χ0) is 11.5. The molecule has 2 heterocycles. The van der Waals surface area contributed by atoms with Crippen LogP contribution in [0.1, 0.15) is 12.8 Å². The number of carboxylic acid groups (broad SMARTS) is 1.